The van der Waals surface area contributed by atoms with Gasteiger partial charge in [-0.15, -0.1) is 0 Å². The van der Waals surface area contributed by atoms with Gasteiger partial charge in [0.15, 0.2) is 0 Å². The van der Waals surface area contributed by atoms with Crippen LogP contribution in [0.2, 0.25) is 0 Å². The molecule has 0 spiro atoms. The maximum absolute atomic E-state index is 11.6. The van der Waals surface area contributed by atoms with Gasteiger partial charge in [0.2, 0.25) is 5.91 Å². The Labute approximate surface area is 133 Å². The fourth-order valence-corrected chi connectivity index (χ4v) is 1.71. The molecule has 6 heteroatoms. The van der Waals surface area contributed by atoms with Crippen molar-refractivity contribution in [3.8, 4) is 11.5 Å². The minimum Gasteiger partial charge on any atom is -0.478 e. The number of ether oxygens (including phenoxy) is 1. The number of hydrogen-bond donors (Lipinski definition) is 3. The predicted octanol–water partition coefficient (Wildman–Crippen LogP) is 3.03. The highest BCUT2D eigenvalue weighted by molar-refractivity contribution is 6.04. The molecule has 6 nitrogen and oxygen atoms in total. The van der Waals surface area contributed by atoms with E-state index in [9.17, 15) is 9.59 Å². The number of benzene rings is 2. The number of carboxylic acids is 1. The van der Waals surface area contributed by atoms with Crippen LogP contribution < -0.4 is 15.8 Å². The number of nitrogens with one attached hydrogen (secondary N) is 1. The van der Waals surface area contributed by atoms with Gasteiger partial charge in [-0.2, -0.15) is 0 Å². The number of nitrogens with two attached hydrogens (primary N) is 1. The number of amides is 1. The van der Waals surface area contributed by atoms with Crippen LogP contribution in [-0.2, 0) is 9.59 Å². The Balaban J connectivity index is 1.99. The van der Waals surface area contributed by atoms with Crippen molar-refractivity contribution in [2.45, 2.75) is 6.92 Å². The Morgan fingerprint density at radius 1 is 1.04 bits per heavy atom. The summed E-state index contributed by atoms with van der Waals surface area (Å²) < 4.78 is 5.63. The van der Waals surface area contributed by atoms with E-state index in [1.54, 1.807) is 48.5 Å². The summed E-state index contributed by atoms with van der Waals surface area (Å²) in [5.74, 6) is -0.384. The van der Waals surface area contributed by atoms with E-state index >= 15 is 0 Å². The SMILES string of the molecule is C/C(=C\C(=O)Nc1ccc(Oc2ccc(N)cc2)cc1)C(=O)O. The monoisotopic (exact) mass is 312 g/mol. The molecule has 0 bridgehead atoms. The molecule has 0 aliphatic carbocycles. The largest absolute Gasteiger partial charge is 0.478 e. The van der Waals surface area contributed by atoms with Gasteiger partial charge in [0.25, 0.3) is 0 Å². The highest BCUT2D eigenvalue weighted by atomic mass is 16.5. The standard InChI is InChI=1S/C17H16N2O4/c1-11(17(21)22)10-16(20)19-13-4-8-15(9-5-13)23-14-6-2-12(18)3-7-14/h2-10H,18H2,1H3,(H,19,20)(H,21,22)/b11-10+. The molecule has 0 saturated carbocycles. The Kier molecular flexibility index (Phi) is 4.99. The minimum absolute atomic E-state index is 0.0363. The van der Waals surface area contributed by atoms with E-state index in [0.717, 1.165) is 6.08 Å². The van der Waals surface area contributed by atoms with Crippen LogP contribution >= 0.6 is 0 Å². The lowest BCUT2D eigenvalue weighted by Gasteiger charge is -2.07. The van der Waals surface area contributed by atoms with E-state index < -0.39 is 11.9 Å². The Morgan fingerprint density at radius 3 is 2.09 bits per heavy atom. The molecule has 0 heterocycles. The molecule has 0 unspecified atom stereocenters. The molecule has 0 atom stereocenters. The van der Waals surface area contributed by atoms with Crippen LogP contribution in [0.4, 0.5) is 11.4 Å². The number of rotatable bonds is 5. The normalized spacial score (nSPS) is 10.9. The summed E-state index contributed by atoms with van der Waals surface area (Å²) in [7, 11) is 0. The second-order valence-corrected chi connectivity index (χ2v) is 4.82. The summed E-state index contributed by atoms with van der Waals surface area (Å²) in [6, 6.07) is 13.7. The number of aliphatic carboxylic acids is 1. The summed E-state index contributed by atoms with van der Waals surface area (Å²) in [4.78, 5) is 22.3. The van der Waals surface area contributed by atoms with Crippen molar-refractivity contribution < 1.29 is 19.4 Å². The van der Waals surface area contributed by atoms with Gasteiger partial charge in [0, 0.05) is 23.0 Å². The van der Waals surface area contributed by atoms with Crippen LogP contribution in [0.5, 0.6) is 11.5 Å². The molecule has 2 rings (SSSR count). The third-order valence-electron chi connectivity index (χ3n) is 2.92. The molecular weight excluding hydrogens is 296 g/mol. The van der Waals surface area contributed by atoms with Crippen LogP contribution in [0.25, 0.3) is 0 Å². The highest BCUT2D eigenvalue weighted by Crippen LogP contribution is 2.23. The fraction of sp³-hybridized carbons (Fsp3) is 0.0588. The van der Waals surface area contributed by atoms with Gasteiger partial charge >= 0.3 is 5.97 Å². The minimum atomic E-state index is -1.13. The van der Waals surface area contributed by atoms with Gasteiger partial charge in [-0.25, -0.2) is 4.79 Å². The molecule has 1 amide bonds. The average molecular weight is 312 g/mol. The number of carbonyl (C=O) groups is 2. The molecule has 4 N–H and O–H groups in total. The first-order valence-corrected chi connectivity index (χ1v) is 6.80. The summed E-state index contributed by atoms with van der Waals surface area (Å²) in [5.41, 5.74) is 6.75. The predicted molar refractivity (Wildman–Crippen MR) is 87.4 cm³/mol. The lowest BCUT2D eigenvalue weighted by molar-refractivity contribution is -0.132. The maximum atomic E-state index is 11.6. The van der Waals surface area contributed by atoms with E-state index in [4.69, 9.17) is 15.6 Å². The molecule has 0 saturated heterocycles. The quantitative estimate of drug-likeness (QED) is 0.582. The van der Waals surface area contributed by atoms with Crippen molar-refractivity contribution in [3.05, 3.63) is 60.2 Å². The van der Waals surface area contributed by atoms with Crippen molar-refractivity contribution in [1.82, 2.24) is 0 Å². The average Bonchev–Trinajstić information content (AvgIpc) is 2.51. The lowest BCUT2D eigenvalue weighted by Crippen LogP contribution is -2.10. The first-order valence-electron chi connectivity index (χ1n) is 6.80. The first-order chi connectivity index (χ1) is 10.9. The third-order valence-corrected chi connectivity index (χ3v) is 2.92. The van der Waals surface area contributed by atoms with Crippen LogP contribution in [0.1, 0.15) is 6.92 Å². The van der Waals surface area contributed by atoms with Gasteiger partial charge in [0.05, 0.1) is 0 Å². The van der Waals surface area contributed by atoms with Gasteiger partial charge in [-0.05, 0) is 55.5 Å². The van der Waals surface area contributed by atoms with E-state index in [1.165, 1.54) is 6.92 Å². The molecule has 2 aromatic rings. The zero-order valence-corrected chi connectivity index (χ0v) is 12.4. The molecule has 2 aromatic carbocycles. The van der Waals surface area contributed by atoms with Gasteiger partial charge in [0.1, 0.15) is 11.5 Å². The molecule has 23 heavy (non-hydrogen) atoms. The second-order valence-electron chi connectivity index (χ2n) is 4.82. The molecule has 0 aliphatic heterocycles. The first kappa shape index (κ1) is 16.1. The fourth-order valence-electron chi connectivity index (χ4n) is 1.71. The Morgan fingerprint density at radius 2 is 1.57 bits per heavy atom. The van der Waals surface area contributed by atoms with Crippen LogP contribution in [0.3, 0.4) is 0 Å². The number of carbonyl (C=O) groups excluding carboxylic acids is 1. The van der Waals surface area contributed by atoms with E-state index in [0.29, 0.717) is 22.9 Å². The molecular formula is C17H16N2O4. The zero-order valence-electron chi connectivity index (χ0n) is 12.4. The number of hydrogen-bond acceptors (Lipinski definition) is 4. The highest BCUT2D eigenvalue weighted by Gasteiger charge is 2.05. The van der Waals surface area contributed by atoms with Crippen molar-refractivity contribution in [2.75, 3.05) is 11.1 Å². The van der Waals surface area contributed by atoms with Crippen LogP contribution in [0.15, 0.2) is 60.2 Å². The smallest absolute Gasteiger partial charge is 0.331 e. The molecule has 0 aromatic heterocycles. The van der Waals surface area contributed by atoms with Crippen LogP contribution in [0, 0.1) is 0 Å². The number of nitrogen functional groups attached to an aromatic ring is 1. The number of carboxylic acid groups (broad SMARTS) is 1. The number of anilines is 2. The summed E-state index contributed by atoms with van der Waals surface area (Å²) >= 11 is 0. The van der Waals surface area contributed by atoms with Gasteiger partial charge in [-0.3, -0.25) is 4.79 Å². The van der Waals surface area contributed by atoms with Gasteiger partial charge < -0.3 is 20.9 Å². The van der Waals surface area contributed by atoms with Gasteiger partial charge in [-0.1, -0.05) is 0 Å². The zero-order chi connectivity index (χ0) is 16.8. The maximum Gasteiger partial charge on any atom is 0.331 e. The summed E-state index contributed by atoms with van der Waals surface area (Å²) in [6.07, 6.45) is 1.03. The van der Waals surface area contributed by atoms with E-state index in [1.807, 2.05) is 0 Å². The summed E-state index contributed by atoms with van der Waals surface area (Å²) in [5, 5.41) is 11.3. The molecule has 118 valence electrons. The van der Waals surface area contributed by atoms with Crippen LogP contribution in [-0.4, -0.2) is 17.0 Å². The Hall–Kier alpha value is -3.28. The topological polar surface area (TPSA) is 102 Å². The summed E-state index contributed by atoms with van der Waals surface area (Å²) in [6.45, 7) is 1.35. The van der Waals surface area contributed by atoms with E-state index in [2.05, 4.69) is 5.32 Å². The molecule has 0 radical (unpaired) electrons. The third kappa shape index (κ3) is 4.89. The lowest BCUT2D eigenvalue weighted by atomic mass is 10.2. The Bertz CT molecular complexity index is 734. The van der Waals surface area contributed by atoms with Crippen molar-refractivity contribution in [1.29, 1.82) is 0 Å². The van der Waals surface area contributed by atoms with E-state index in [-0.39, 0.29) is 5.57 Å². The van der Waals surface area contributed by atoms with Crippen molar-refractivity contribution in [2.24, 2.45) is 0 Å². The second kappa shape index (κ2) is 7.13. The molecule has 0 fully saturated rings. The van der Waals surface area contributed by atoms with Crippen molar-refractivity contribution in [3.63, 3.8) is 0 Å². The molecule has 0 aliphatic rings. The van der Waals surface area contributed by atoms with Crippen molar-refractivity contribution >= 4 is 23.3 Å².